The maximum absolute atomic E-state index is 14.9. The van der Waals surface area contributed by atoms with Crippen LogP contribution in [-0.2, 0) is 6.54 Å². The smallest absolute Gasteiger partial charge is 0.268 e. The second-order valence-electron chi connectivity index (χ2n) is 6.57. The van der Waals surface area contributed by atoms with Crippen LogP contribution in [-0.4, -0.2) is 39.7 Å². The summed E-state index contributed by atoms with van der Waals surface area (Å²) in [5.74, 6) is -3.88. The van der Waals surface area contributed by atoms with E-state index in [2.05, 4.69) is 9.97 Å². The zero-order valence-corrected chi connectivity index (χ0v) is 14.4. The third kappa shape index (κ3) is 3.90. The van der Waals surface area contributed by atoms with Crippen molar-refractivity contribution in [3.63, 3.8) is 0 Å². The summed E-state index contributed by atoms with van der Waals surface area (Å²) in [7, 11) is 0. The molecule has 1 aromatic heterocycles. The molecular weight excluding hydrogens is 324 g/mol. The van der Waals surface area contributed by atoms with Crippen molar-refractivity contribution in [2.75, 3.05) is 13.1 Å². The van der Waals surface area contributed by atoms with Crippen LogP contribution in [0.3, 0.4) is 0 Å². The molecule has 1 unspecified atom stereocenters. The van der Waals surface area contributed by atoms with Gasteiger partial charge in [-0.15, -0.1) is 0 Å². The number of halogens is 2. The summed E-state index contributed by atoms with van der Waals surface area (Å²) in [6, 6.07) is 9.59. The second-order valence-corrected chi connectivity index (χ2v) is 6.57. The van der Waals surface area contributed by atoms with Crippen LogP contribution in [0.5, 0.6) is 0 Å². The summed E-state index contributed by atoms with van der Waals surface area (Å²) in [5, 5.41) is 0. The molecule has 1 saturated heterocycles. The minimum atomic E-state index is -2.95. The van der Waals surface area contributed by atoms with Gasteiger partial charge in [0.05, 0.1) is 23.7 Å². The monoisotopic (exact) mass is 345 g/mol. The van der Waals surface area contributed by atoms with Gasteiger partial charge in [0.15, 0.2) is 5.78 Å². The Bertz CT molecular complexity index is 765. The topological polar surface area (TPSA) is 46.1 Å². The van der Waals surface area contributed by atoms with Crippen molar-refractivity contribution < 1.29 is 13.6 Å². The van der Waals surface area contributed by atoms with Crippen molar-refractivity contribution in [2.24, 2.45) is 0 Å². The van der Waals surface area contributed by atoms with E-state index < -0.39 is 11.8 Å². The van der Waals surface area contributed by atoms with Crippen LogP contribution in [0.2, 0.25) is 0 Å². The van der Waals surface area contributed by atoms with Crippen molar-refractivity contribution in [1.82, 2.24) is 14.9 Å². The molecule has 0 aliphatic carbocycles. The number of piperidine rings is 1. The number of aromatic nitrogens is 2. The number of carbonyl (C=O) groups is 1. The summed E-state index contributed by atoms with van der Waals surface area (Å²) >= 11 is 0. The van der Waals surface area contributed by atoms with Crippen LogP contribution in [0.1, 0.15) is 46.7 Å². The number of carbonyl (C=O) groups excluding carboxylic acids is 1. The van der Waals surface area contributed by atoms with Crippen LogP contribution in [0, 0.1) is 6.92 Å². The SMILES string of the molecule is CC(=O)c1cnc(C)nc1C1CCN(Cc2ccccc2)CC1(F)F. The lowest BCUT2D eigenvalue weighted by molar-refractivity contribution is -0.0859. The van der Waals surface area contributed by atoms with Gasteiger partial charge in [0.25, 0.3) is 5.92 Å². The number of hydrogen-bond donors (Lipinski definition) is 0. The summed E-state index contributed by atoms with van der Waals surface area (Å²) in [6.07, 6.45) is 1.63. The molecule has 2 heterocycles. The molecule has 1 aliphatic heterocycles. The van der Waals surface area contributed by atoms with E-state index >= 15 is 0 Å². The Balaban J connectivity index is 1.82. The molecule has 1 aromatic carbocycles. The Morgan fingerprint density at radius 3 is 2.68 bits per heavy atom. The van der Waals surface area contributed by atoms with Gasteiger partial charge < -0.3 is 0 Å². The third-order valence-corrected chi connectivity index (χ3v) is 4.58. The van der Waals surface area contributed by atoms with Gasteiger partial charge >= 0.3 is 0 Å². The molecule has 0 bridgehead atoms. The van der Waals surface area contributed by atoms with Crippen LogP contribution >= 0.6 is 0 Å². The fourth-order valence-electron chi connectivity index (χ4n) is 3.35. The molecule has 132 valence electrons. The molecule has 0 radical (unpaired) electrons. The molecule has 0 spiro atoms. The lowest BCUT2D eigenvalue weighted by Gasteiger charge is -2.38. The molecule has 1 fully saturated rings. The predicted octanol–water partition coefficient (Wildman–Crippen LogP) is 3.61. The molecule has 0 amide bonds. The van der Waals surface area contributed by atoms with Gasteiger partial charge in [0.1, 0.15) is 5.82 Å². The molecule has 25 heavy (non-hydrogen) atoms. The zero-order chi connectivity index (χ0) is 18.0. The summed E-state index contributed by atoms with van der Waals surface area (Å²) in [5.41, 5.74) is 1.40. The number of benzene rings is 1. The maximum atomic E-state index is 14.9. The second kappa shape index (κ2) is 6.96. The van der Waals surface area contributed by atoms with Crippen molar-refractivity contribution in [3.8, 4) is 0 Å². The largest absolute Gasteiger partial charge is 0.294 e. The first kappa shape index (κ1) is 17.6. The lowest BCUT2D eigenvalue weighted by atomic mass is 9.86. The van der Waals surface area contributed by atoms with E-state index in [1.165, 1.54) is 13.1 Å². The molecule has 0 N–H and O–H groups in total. The highest BCUT2D eigenvalue weighted by atomic mass is 19.3. The van der Waals surface area contributed by atoms with E-state index in [-0.39, 0.29) is 30.0 Å². The number of nitrogens with zero attached hydrogens (tertiary/aromatic N) is 3. The number of rotatable bonds is 4. The fourth-order valence-corrected chi connectivity index (χ4v) is 3.35. The van der Waals surface area contributed by atoms with Gasteiger partial charge in [-0.25, -0.2) is 18.7 Å². The minimum Gasteiger partial charge on any atom is -0.294 e. The normalized spacial score (nSPS) is 20.4. The van der Waals surface area contributed by atoms with E-state index in [0.29, 0.717) is 18.9 Å². The Labute approximate surface area is 145 Å². The van der Waals surface area contributed by atoms with Crippen LogP contribution in [0.4, 0.5) is 8.78 Å². The van der Waals surface area contributed by atoms with E-state index in [4.69, 9.17) is 0 Å². The molecule has 3 rings (SSSR count). The minimum absolute atomic E-state index is 0.185. The highest BCUT2D eigenvalue weighted by Crippen LogP contribution is 2.41. The van der Waals surface area contributed by atoms with E-state index in [0.717, 1.165) is 5.56 Å². The Morgan fingerprint density at radius 1 is 1.32 bits per heavy atom. The first-order chi connectivity index (χ1) is 11.9. The van der Waals surface area contributed by atoms with Crippen LogP contribution in [0.15, 0.2) is 36.5 Å². The third-order valence-electron chi connectivity index (χ3n) is 4.58. The first-order valence-electron chi connectivity index (χ1n) is 8.35. The Morgan fingerprint density at radius 2 is 2.04 bits per heavy atom. The van der Waals surface area contributed by atoms with E-state index in [1.54, 1.807) is 11.8 Å². The Kier molecular flexibility index (Phi) is 4.90. The quantitative estimate of drug-likeness (QED) is 0.794. The van der Waals surface area contributed by atoms with Gasteiger partial charge in [-0.05, 0) is 32.4 Å². The fraction of sp³-hybridized carbons (Fsp3) is 0.421. The molecule has 4 nitrogen and oxygen atoms in total. The highest BCUT2D eigenvalue weighted by molar-refractivity contribution is 5.95. The van der Waals surface area contributed by atoms with Crippen molar-refractivity contribution in [1.29, 1.82) is 0 Å². The number of aryl methyl sites for hydroxylation is 1. The molecule has 6 heteroatoms. The van der Waals surface area contributed by atoms with Gasteiger partial charge in [-0.3, -0.25) is 9.69 Å². The van der Waals surface area contributed by atoms with Gasteiger partial charge in [-0.2, -0.15) is 0 Å². The first-order valence-corrected chi connectivity index (χ1v) is 8.35. The molecular formula is C19H21F2N3O. The zero-order valence-electron chi connectivity index (χ0n) is 14.4. The van der Waals surface area contributed by atoms with Crippen molar-refractivity contribution in [3.05, 3.63) is 59.2 Å². The van der Waals surface area contributed by atoms with Crippen molar-refractivity contribution in [2.45, 2.75) is 38.7 Å². The lowest BCUT2D eigenvalue weighted by Crippen LogP contribution is -2.47. The predicted molar refractivity (Wildman–Crippen MR) is 90.8 cm³/mol. The van der Waals surface area contributed by atoms with Crippen LogP contribution in [0.25, 0.3) is 0 Å². The molecule has 1 atom stereocenters. The van der Waals surface area contributed by atoms with Crippen LogP contribution < -0.4 is 0 Å². The average molecular weight is 345 g/mol. The number of hydrogen-bond acceptors (Lipinski definition) is 4. The number of alkyl halides is 2. The summed E-state index contributed by atoms with van der Waals surface area (Å²) < 4.78 is 29.7. The molecule has 1 aliphatic rings. The van der Waals surface area contributed by atoms with Crippen molar-refractivity contribution >= 4 is 5.78 Å². The highest BCUT2D eigenvalue weighted by Gasteiger charge is 2.47. The Hall–Kier alpha value is -2.21. The summed E-state index contributed by atoms with van der Waals surface area (Å²) in [6.45, 7) is 3.70. The van der Waals surface area contributed by atoms with E-state index in [1.807, 2.05) is 30.3 Å². The van der Waals surface area contributed by atoms with E-state index in [9.17, 15) is 13.6 Å². The number of likely N-dealkylation sites (tertiary alicyclic amines) is 1. The molecule has 2 aromatic rings. The summed E-state index contributed by atoms with van der Waals surface area (Å²) in [4.78, 5) is 21.7. The maximum Gasteiger partial charge on any atom is 0.268 e. The standard InChI is InChI=1S/C19H21F2N3O/c1-13(25)16-10-22-14(2)23-18(16)17-8-9-24(12-19(17,20)21)11-15-6-4-3-5-7-15/h3-7,10,17H,8-9,11-12H2,1-2H3. The average Bonchev–Trinajstić information content (AvgIpc) is 2.54. The molecule has 0 saturated carbocycles. The van der Waals surface area contributed by atoms with Gasteiger partial charge in [0.2, 0.25) is 0 Å². The van der Waals surface area contributed by atoms with Gasteiger partial charge in [0, 0.05) is 12.7 Å². The van der Waals surface area contributed by atoms with Gasteiger partial charge in [-0.1, -0.05) is 30.3 Å². The number of ketones is 1. The number of Topliss-reactive ketones (excluding diaryl/α,β-unsaturated/α-hetero) is 1.